The summed E-state index contributed by atoms with van der Waals surface area (Å²) in [7, 11) is 0. The molecule has 2 heterocycles. The molecule has 0 unspecified atom stereocenters. The second kappa shape index (κ2) is 4.59. The lowest BCUT2D eigenvalue weighted by Crippen LogP contribution is -1.92. The fraction of sp³-hybridized carbons (Fsp3) is 0. The highest BCUT2D eigenvalue weighted by Gasteiger charge is 2.00. The number of nitrogen functional groups attached to an aromatic ring is 1. The number of nitrogens with two attached hydrogens (primary N) is 1. The lowest BCUT2D eigenvalue weighted by Gasteiger charge is -1.99. The van der Waals surface area contributed by atoms with E-state index in [4.69, 9.17) is 5.73 Å². The highest BCUT2D eigenvalue weighted by Crippen LogP contribution is 2.24. The number of anilines is 1. The van der Waals surface area contributed by atoms with Crippen LogP contribution >= 0.6 is 27.7 Å². The van der Waals surface area contributed by atoms with Gasteiger partial charge in [0, 0.05) is 10.7 Å². The average Bonchev–Trinajstić information content (AvgIpc) is 2.25. The van der Waals surface area contributed by atoms with Gasteiger partial charge in [-0.1, -0.05) is 0 Å². The van der Waals surface area contributed by atoms with E-state index in [0.29, 0.717) is 5.82 Å². The van der Waals surface area contributed by atoms with Crippen LogP contribution in [0, 0.1) is 0 Å². The SMILES string of the molecule is Nc1ccc(Sc2ccc(Br)cn2)nn1. The normalized spacial score (nSPS) is 10.2. The summed E-state index contributed by atoms with van der Waals surface area (Å²) in [5, 5.41) is 9.34. The molecule has 0 aromatic carbocycles. The van der Waals surface area contributed by atoms with Crippen LogP contribution in [-0.4, -0.2) is 15.2 Å². The summed E-state index contributed by atoms with van der Waals surface area (Å²) < 4.78 is 0.954. The summed E-state index contributed by atoms with van der Waals surface area (Å²) in [5.41, 5.74) is 5.44. The topological polar surface area (TPSA) is 64.7 Å². The first-order valence-corrected chi connectivity index (χ1v) is 5.73. The molecule has 0 saturated heterocycles. The van der Waals surface area contributed by atoms with Crippen LogP contribution in [0.1, 0.15) is 0 Å². The highest BCUT2D eigenvalue weighted by molar-refractivity contribution is 9.10. The van der Waals surface area contributed by atoms with Crippen LogP contribution in [0.4, 0.5) is 5.82 Å². The number of nitrogens with zero attached hydrogens (tertiary/aromatic N) is 3. The van der Waals surface area contributed by atoms with E-state index in [1.54, 1.807) is 12.3 Å². The van der Waals surface area contributed by atoms with Crippen LogP contribution in [0.2, 0.25) is 0 Å². The Morgan fingerprint density at radius 2 is 1.87 bits per heavy atom. The van der Waals surface area contributed by atoms with E-state index in [9.17, 15) is 0 Å². The summed E-state index contributed by atoms with van der Waals surface area (Å²) in [5.74, 6) is 0.420. The fourth-order valence-electron chi connectivity index (χ4n) is 0.915. The minimum Gasteiger partial charge on any atom is -0.382 e. The Bertz CT molecular complexity index is 399. The Balaban J connectivity index is 2.15. The van der Waals surface area contributed by atoms with Crippen molar-refractivity contribution in [1.82, 2.24) is 15.2 Å². The molecule has 0 fully saturated rings. The lowest BCUT2D eigenvalue weighted by atomic mass is 10.5. The van der Waals surface area contributed by atoms with Gasteiger partial charge >= 0.3 is 0 Å². The van der Waals surface area contributed by atoms with Gasteiger partial charge in [0.1, 0.15) is 15.9 Å². The van der Waals surface area contributed by atoms with Gasteiger partial charge in [0.05, 0.1) is 0 Å². The fourth-order valence-corrected chi connectivity index (χ4v) is 1.82. The third-order valence-corrected chi connectivity index (χ3v) is 2.92. The average molecular weight is 283 g/mol. The Morgan fingerprint density at radius 3 is 2.47 bits per heavy atom. The predicted molar refractivity (Wildman–Crippen MR) is 62.5 cm³/mol. The van der Waals surface area contributed by atoms with Crippen molar-refractivity contribution >= 4 is 33.5 Å². The zero-order valence-electron chi connectivity index (χ0n) is 7.59. The van der Waals surface area contributed by atoms with Gasteiger partial charge in [0.25, 0.3) is 0 Å². The molecule has 2 aromatic heterocycles. The molecule has 2 aromatic rings. The van der Waals surface area contributed by atoms with E-state index in [-0.39, 0.29) is 0 Å². The van der Waals surface area contributed by atoms with Crippen molar-refractivity contribution in [3.63, 3.8) is 0 Å². The molecule has 2 rings (SSSR count). The molecule has 6 heteroatoms. The summed E-state index contributed by atoms with van der Waals surface area (Å²) >= 11 is 4.77. The summed E-state index contributed by atoms with van der Waals surface area (Å²) in [4.78, 5) is 4.21. The van der Waals surface area contributed by atoms with Gasteiger partial charge < -0.3 is 5.73 Å². The van der Waals surface area contributed by atoms with Crippen LogP contribution in [-0.2, 0) is 0 Å². The molecule has 0 atom stereocenters. The van der Waals surface area contributed by atoms with E-state index in [2.05, 4.69) is 31.1 Å². The maximum atomic E-state index is 5.44. The zero-order valence-corrected chi connectivity index (χ0v) is 9.99. The van der Waals surface area contributed by atoms with E-state index in [1.165, 1.54) is 11.8 Å². The minimum absolute atomic E-state index is 0.420. The molecule has 76 valence electrons. The maximum Gasteiger partial charge on any atom is 0.146 e. The van der Waals surface area contributed by atoms with Gasteiger partial charge in [-0.05, 0) is 52.0 Å². The second-order valence-corrected chi connectivity index (χ2v) is 4.67. The first-order chi connectivity index (χ1) is 7.24. The largest absolute Gasteiger partial charge is 0.382 e. The number of rotatable bonds is 2. The zero-order chi connectivity index (χ0) is 10.7. The molecule has 0 amide bonds. The van der Waals surface area contributed by atoms with Gasteiger partial charge in [0.2, 0.25) is 0 Å². The van der Waals surface area contributed by atoms with Crippen molar-refractivity contribution in [2.75, 3.05) is 5.73 Å². The van der Waals surface area contributed by atoms with E-state index in [1.807, 2.05) is 18.2 Å². The molecular weight excluding hydrogens is 276 g/mol. The highest BCUT2D eigenvalue weighted by atomic mass is 79.9. The van der Waals surface area contributed by atoms with Gasteiger partial charge in [-0.15, -0.1) is 10.2 Å². The Kier molecular flexibility index (Phi) is 3.17. The van der Waals surface area contributed by atoms with Gasteiger partial charge in [-0.25, -0.2) is 4.98 Å². The number of hydrogen-bond acceptors (Lipinski definition) is 5. The van der Waals surface area contributed by atoms with Crippen molar-refractivity contribution in [2.24, 2.45) is 0 Å². The van der Waals surface area contributed by atoms with E-state index >= 15 is 0 Å². The third-order valence-electron chi connectivity index (χ3n) is 1.57. The number of pyridine rings is 1. The third kappa shape index (κ3) is 2.90. The minimum atomic E-state index is 0.420. The maximum absolute atomic E-state index is 5.44. The van der Waals surface area contributed by atoms with Gasteiger partial charge in [0.15, 0.2) is 0 Å². The molecule has 4 nitrogen and oxygen atoms in total. The molecule has 0 aliphatic heterocycles. The second-order valence-electron chi connectivity index (χ2n) is 2.71. The smallest absolute Gasteiger partial charge is 0.146 e. The van der Waals surface area contributed by atoms with Crippen LogP contribution in [0.3, 0.4) is 0 Å². The molecule has 0 radical (unpaired) electrons. The van der Waals surface area contributed by atoms with E-state index < -0.39 is 0 Å². The van der Waals surface area contributed by atoms with Crippen molar-refractivity contribution < 1.29 is 0 Å². The van der Waals surface area contributed by atoms with Gasteiger partial charge in [-0.3, -0.25) is 0 Å². The van der Waals surface area contributed by atoms with Crippen molar-refractivity contribution in [1.29, 1.82) is 0 Å². The number of hydrogen-bond donors (Lipinski definition) is 1. The molecule has 0 aliphatic carbocycles. The van der Waals surface area contributed by atoms with E-state index in [0.717, 1.165) is 14.5 Å². The van der Waals surface area contributed by atoms with Crippen molar-refractivity contribution in [3.05, 3.63) is 34.9 Å². The van der Waals surface area contributed by atoms with Crippen LogP contribution in [0.15, 0.2) is 45.0 Å². The summed E-state index contributed by atoms with van der Waals surface area (Å²) in [6.45, 7) is 0. The Morgan fingerprint density at radius 1 is 1.07 bits per heavy atom. The molecule has 0 saturated carbocycles. The number of halogens is 1. The Labute approximate surface area is 99.4 Å². The molecule has 0 bridgehead atoms. The molecule has 0 aliphatic rings. The quantitative estimate of drug-likeness (QED) is 0.916. The van der Waals surface area contributed by atoms with Crippen LogP contribution < -0.4 is 5.73 Å². The summed E-state index contributed by atoms with van der Waals surface area (Å²) in [6, 6.07) is 7.37. The lowest BCUT2D eigenvalue weighted by molar-refractivity contribution is 0.935. The molecule has 15 heavy (non-hydrogen) atoms. The van der Waals surface area contributed by atoms with Crippen LogP contribution in [0.5, 0.6) is 0 Å². The van der Waals surface area contributed by atoms with Crippen LogP contribution in [0.25, 0.3) is 0 Å². The Hall–Kier alpha value is -1.14. The first-order valence-electron chi connectivity index (χ1n) is 4.12. The predicted octanol–water partition coefficient (Wildman–Crippen LogP) is 2.37. The molecule has 2 N–H and O–H groups in total. The molecular formula is C9H7BrN4S. The summed E-state index contributed by atoms with van der Waals surface area (Å²) in [6.07, 6.45) is 1.74. The van der Waals surface area contributed by atoms with Crippen molar-refractivity contribution in [3.8, 4) is 0 Å². The standard InChI is InChI=1S/C9H7BrN4S/c10-6-1-3-8(12-5-6)15-9-4-2-7(11)13-14-9/h1-5H,(H2,11,13). The van der Waals surface area contributed by atoms with Gasteiger partial charge in [-0.2, -0.15) is 0 Å². The first kappa shape index (κ1) is 10.4. The monoisotopic (exact) mass is 282 g/mol. The number of aromatic nitrogens is 3. The molecule has 0 spiro atoms. The van der Waals surface area contributed by atoms with Crippen molar-refractivity contribution in [2.45, 2.75) is 10.1 Å².